The van der Waals surface area contributed by atoms with E-state index in [0.29, 0.717) is 35.5 Å². The van der Waals surface area contributed by atoms with E-state index in [1.165, 1.54) is 6.07 Å². The summed E-state index contributed by atoms with van der Waals surface area (Å²) in [5.41, 5.74) is 7.70. The molecule has 0 saturated carbocycles. The van der Waals surface area contributed by atoms with Gasteiger partial charge in [0.05, 0.1) is 24.8 Å². The molecule has 2 atom stereocenters. The number of nitrogens with zero attached hydrogens (tertiary/aromatic N) is 1. The summed E-state index contributed by atoms with van der Waals surface area (Å²) in [6, 6.07) is 6.69. The fraction of sp³-hybridized carbons (Fsp3) is 0.391. The van der Waals surface area contributed by atoms with E-state index >= 15 is 0 Å². The first-order valence-electron chi connectivity index (χ1n) is 10.6. The minimum Gasteiger partial charge on any atom is -0.495 e. The third kappa shape index (κ3) is 3.98. The van der Waals surface area contributed by atoms with Gasteiger partial charge in [0.1, 0.15) is 11.3 Å². The van der Waals surface area contributed by atoms with Crippen molar-refractivity contribution in [3.05, 3.63) is 57.0 Å². The lowest BCUT2D eigenvalue weighted by atomic mass is 9.89. The van der Waals surface area contributed by atoms with Crippen LogP contribution in [-0.4, -0.2) is 36.4 Å². The van der Waals surface area contributed by atoms with Crippen molar-refractivity contribution in [2.45, 2.75) is 38.6 Å². The lowest BCUT2D eigenvalue weighted by Gasteiger charge is -2.27. The molecule has 4 N–H and O–H groups in total. The largest absolute Gasteiger partial charge is 0.495 e. The quantitative estimate of drug-likeness (QED) is 0.647. The van der Waals surface area contributed by atoms with E-state index in [4.69, 9.17) is 10.5 Å². The summed E-state index contributed by atoms with van der Waals surface area (Å²) >= 11 is 0. The van der Waals surface area contributed by atoms with Crippen molar-refractivity contribution in [1.82, 2.24) is 10.3 Å². The van der Waals surface area contributed by atoms with E-state index in [1.807, 2.05) is 19.1 Å². The molecule has 9 heteroatoms. The van der Waals surface area contributed by atoms with Gasteiger partial charge in [-0.15, -0.1) is 0 Å². The zero-order valence-corrected chi connectivity index (χ0v) is 18.1. The van der Waals surface area contributed by atoms with Crippen LogP contribution in [0.1, 0.15) is 52.5 Å². The Kier molecular flexibility index (Phi) is 5.73. The number of aryl methyl sites for hydroxylation is 2. The molecule has 1 fully saturated rings. The highest BCUT2D eigenvalue weighted by Gasteiger charge is 2.37. The lowest BCUT2D eigenvalue weighted by Crippen LogP contribution is -2.38. The molecular weight excluding hydrogens is 412 g/mol. The minimum absolute atomic E-state index is 0.0979. The number of carbonyl (C=O) groups excluding carboxylic acids is 3. The zero-order valence-electron chi connectivity index (χ0n) is 18.1. The van der Waals surface area contributed by atoms with Crippen molar-refractivity contribution >= 4 is 23.4 Å². The van der Waals surface area contributed by atoms with Gasteiger partial charge in [0.2, 0.25) is 11.8 Å². The second-order valence-corrected chi connectivity index (χ2v) is 8.34. The summed E-state index contributed by atoms with van der Waals surface area (Å²) in [7, 11) is 1.55. The first-order valence-corrected chi connectivity index (χ1v) is 10.6. The Morgan fingerprint density at radius 1 is 1.25 bits per heavy atom. The van der Waals surface area contributed by atoms with E-state index in [9.17, 15) is 19.2 Å². The van der Waals surface area contributed by atoms with Crippen LogP contribution in [-0.2, 0) is 16.0 Å². The van der Waals surface area contributed by atoms with Gasteiger partial charge in [-0.05, 0) is 55.5 Å². The Morgan fingerprint density at radius 3 is 2.75 bits per heavy atom. The maximum absolute atomic E-state index is 13.1. The van der Waals surface area contributed by atoms with Gasteiger partial charge in [0.25, 0.3) is 11.5 Å². The fourth-order valence-electron chi connectivity index (χ4n) is 4.49. The third-order valence-corrected chi connectivity index (χ3v) is 6.16. The van der Waals surface area contributed by atoms with Crippen molar-refractivity contribution in [2.24, 2.45) is 11.7 Å². The van der Waals surface area contributed by atoms with Crippen LogP contribution < -0.4 is 26.2 Å². The van der Waals surface area contributed by atoms with Crippen LogP contribution >= 0.6 is 0 Å². The summed E-state index contributed by atoms with van der Waals surface area (Å²) in [4.78, 5) is 53.7. The summed E-state index contributed by atoms with van der Waals surface area (Å²) in [5, 5.41) is 3.01. The van der Waals surface area contributed by atoms with Crippen molar-refractivity contribution < 1.29 is 19.1 Å². The van der Waals surface area contributed by atoms with Crippen molar-refractivity contribution in [2.75, 3.05) is 18.6 Å². The van der Waals surface area contributed by atoms with Crippen LogP contribution in [0.2, 0.25) is 0 Å². The second kappa shape index (κ2) is 8.49. The number of anilines is 1. The van der Waals surface area contributed by atoms with Crippen LogP contribution in [0.15, 0.2) is 29.1 Å². The average Bonchev–Trinajstić information content (AvgIpc) is 3.14. The van der Waals surface area contributed by atoms with Gasteiger partial charge in [-0.2, -0.15) is 0 Å². The molecule has 0 radical (unpaired) electrons. The molecule has 0 bridgehead atoms. The number of ether oxygens (including phenoxy) is 1. The molecule has 0 unspecified atom stereocenters. The van der Waals surface area contributed by atoms with Crippen molar-refractivity contribution in [1.29, 1.82) is 0 Å². The molecule has 168 valence electrons. The molecular formula is C23H26N4O5. The van der Waals surface area contributed by atoms with Gasteiger partial charge in [0, 0.05) is 18.7 Å². The maximum Gasteiger partial charge on any atom is 0.261 e. The van der Waals surface area contributed by atoms with Crippen LogP contribution in [0, 0.1) is 12.8 Å². The molecule has 32 heavy (non-hydrogen) atoms. The van der Waals surface area contributed by atoms with Gasteiger partial charge in [-0.25, -0.2) is 0 Å². The number of hydrogen-bond acceptors (Lipinski definition) is 5. The number of fused-ring (bicyclic) bond motifs is 1. The number of benzene rings is 1. The monoisotopic (exact) mass is 438 g/mol. The molecule has 1 aliphatic heterocycles. The summed E-state index contributed by atoms with van der Waals surface area (Å²) < 4.78 is 5.40. The predicted molar refractivity (Wildman–Crippen MR) is 118 cm³/mol. The van der Waals surface area contributed by atoms with E-state index < -0.39 is 17.4 Å². The van der Waals surface area contributed by atoms with Gasteiger partial charge in [-0.3, -0.25) is 19.2 Å². The average molecular weight is 438 g/mol. The molecule has 2 aromatic rings. The smallest absolute Gasteiger partial charge is 0.261 e. The maximum atomic E-state index is 13.1. The molecule has 2 aliphatic rings. The number of nitrogens with one attached hydrogen (secondary N) is 2. The summed E-state index contributed by atoms with van der Waals surface area (Å²) in [5.74, 6) is -1.13. The van der Waals surface area contributed by atoms with Crippen LogP contribution in [0.4, 0.5) is 5.69 Å². The molecule has 3 amide bonds. The summed E-state index contributed by atoms with van der Waals surface area (Å²) in [6.45, 7) is 2.18. The number of nitrogens with two attached hydrogens (primary N) is 1. The second-order valence-electron chi connectivity index (χ2n) is 8.34. The SMILES string of the molecule is COc1ccc(C)cc1N1C[C@H](C(=O)N[C@H]2CCCc3[nH]c(=O)c(C(N)=O)cc32)CC1=O. The molecule has 9 nitrogen and oxygen atoms in total. The summed E-state index contributed by atoms with van der Waals surface area (Å²) in [6.07, 6.45) is 2.19. The number of H-pyrrole nitrogens is 1. The molecule has 1 saturated heterocycles. The Morgan fingerprint density at radius 2 is 2.03 bits per heavy atom. The van der Waals surface area contributed by atoms with Crippen molar-refractivity contribution in [3.8, 4) is 5.75 Å². The topological polar surface area (TPSA) is 135 Å². The molecule has 2 heterocycles. The van der Waals surface area contributed by atoms with Crippen LogP contribution in [0.25, 0.3) is 0 Å². The number of carbonyl (C=O) groups is 3. The number of rotatable bonds is 5. The number of aromatic nitrogens is 1. The first kappa shape index (κ1) is 21.6. The van der Waals surface area contributed by atoms with E-state index in [-0.39, 0.29) is 36.4 Å². The van der Waals surface area contributed by atoms with Gasteiger partial charge < -0.3 is 25.7 Å². The highest BCUT2D eigenvalue weighted by molar-refractivity contribution is 6.01. The number of hydrogen-bond donors (Lipinski definition) is 3. The minimum atomic E-state index is -0.811. The molecule has 4 rings (SSSR count). The number of methoxy groups -OCH3 is 1. The van der Waals surface area contributed by atoms with Crippen LogP contribution in [0.5, 0.6) is 5.75 Å². The first-order chi connectivity index (χ1) is 15.3. The van der Waals surface area contributed by atoms with Crippen molar-refractivity contribution in [3.63, 3.8) is 0 Å². The van der Waals surface area contributed by atoms with E-state index in [0.717, 1.165) is 12.0 Å². The Balaban J connectivity index is 1.53. The molecule has 1 aliphatic carbocycles. The number of amides is 3. The number of aromatic amines is 1. The standard InChI is InChI=1S/C23H26N4O5/c1-12-6-7-19(32-2)18(8-12)27-11-13(9-20(27)28)22(30)25-16-4-3-5-17-14(16)10-15(21(24)29)23(31)26-17/h6-8,10,13,16H,3-5,9,11H2,1-2H3,(H2,24,29)(H,25,30)(H,26,31)/t13-,16+/m1/s1. The van der Waals surface area contributed by atoms with Gasteiger partial charge >= 0.3 is 0 Å². The third-order valence-electron chi connectivity index (χ3n) is 6.16. The highest BCUT2D eigenvalue weighted by atomic mass is 16.5. The van der Waals surface area contributed by atoms with Gasteiger partial charge in [0.15, 0.2) is 0 Å². The molecule has 0 spiro atoms. The number of pyridine rings is 1. The van der Waals surface area contributed by atoms with E-state index in [2.05, 4.69) is 10.3 Å². The Labute approximate surface area is 184 Å². The Bertz CT molecular complexity index is 1160. The Hall–Kier alpha value is -3.62. The molecule has 1 aromatic heterocycles. The lowest BCUT2D eigenvalue weighted by molar-refractivity contribution is -0.127. The normalized spacial score (nSPS) is 20.1. The van der Waals surface area contributed by atoms with Crippen LogP contribution in [0.3, 0.4) is 0 Å². The highest BCUT2D eigenvalue weighted by Crippen LogP contribution is 2.35. The fourth-order valence-corrected chi connectivity index (χ4v) is 4.49. The predicted octanol–water partition coefficient (Wildman–Crippen LogP) is 1.34. The van der Waals surface area contributed by atoms with Gasteiger partial charge in [-0.1, -0.05) is 6.07 Å². The molecule has 1 aromatic carbocycles. The number of primary amides is 1. The zero-order chi connectivity index (χ0) is 23.0. The van der Waals surface area contributed by atoms with E-state index in [1.54, 1.807) is 18.1 Å².